The van der Waals surface area contributed by atoms with Crippen molar-refractivity contribution in [2.45, 2.75) is 26.7 Å². The van der Waals surface area contributed by atoms with Gasteiger partial charge >= 0.3 is 0 Å². The molecule has 0 saturated carbocycles. The highest BCUT2D eigenvalue weighted by Gasteiger charge is 2.06. The van der Waals surface area contributed by atoms with Gasteiger partial charge in [0.15, 0.2) is 0 Å². The molecule has 0 heterocycles. The van der Waals surface area contributed by atoms with Crippen LogP contribution < -0.4 is 4.74 Å². The zero-order valence-corrected chi connectivity index (χ0v) is 10.7. The van der Waals surface area contributed by atoms with Crippen LogP contribution in [0.1, 0.15) is 26.7 Å². The lowest BCUT2D eigenvalue weighted by molar-refractivity contribution is 0.249. The summed E-state index contributed by atoms with van der Waals surface area (Å²) in [5.74, 6) is 0.819. The third-order valence-electron chi connectivity index (χ3n) is 2.20. The first kappa shape index (κ1) is 12.5. The van der Waals surface area contributed by atoms with Gasteiger partial charge in [-0.15, -0.1) is 0 Å². The van der Waals surface area contributed by atoms with Crippen molar-refractivity contribution in [2.75, 3.05) is 6.61 Å². The summed E-state index contributed by atoms with van der Waals surface area (Å²) in [5.41, 5.74) is 0. The highest BCUT2D eigenvalue weighted by atomic mass is 79.9. The summed E-state index contributed by atoms with van der Waals surface area (Å²) in [5, 5.41) is 0. The Morgan fingerprint density at radius 3 is 2.87 bits per heavy atom. The molecule has 0 radical (unpaired) electrons. The SMILES string of the molecule is CCCC(C)COc1cc(F)ccc1Br. The molecule has 3 heteroatoms. The standard InChI is InChI=1S/C12H16BrFO/c1-3-4-9(2)8-15-12-7-10(14)5-6-11(12)13/h5-7,9H,3-4,8H2,1-2H3. The van der Waals surface area contributed by atoms with Gasteiger partial charge in [-0.05, 0) is 40.4 Å². The van der Waals surface area contributed by atoms with E-state index in [4.69, 9.17) is 4.74 Å². The predicted molar refractivity (Wildman–Crippen MR) is 63.7 cm³/mol. The van der Waals surface area contributed by atoms with Crippen molar-refractivity contribution in [1.82, 2.24) is 0 Å². The molecule has 1 rings (SSSR count). The molecule has 0 aliphatic rings. The van der Waals surface area contributed by atoms with Gasteiger partial charge in [-0.2, -0.15) is 0 Å². The molecule has 0 amide bonds. The Hall–Kier alpha value is -0.570. The first-order valence-corrected chi connectivity index (χ1v) is 6.00. The van der Waals surface area contributed by atoms with E-state index >= 15 is 0 Å². The van der Waals surface area contributed by atoms with Gasteiger partial charge in [0.25, 0.3) is 0 Å². The van der Waals surface area contributed by atoms with Gasteiger partial charge in [0.05, 0.1) is 11.1 Å². The monoisotopic (exact) mass is 274 g/mol. The lowest BCUT2D eigenvalue weighted by atomic mass is 10.1. The van der Waals surface area contributed by atoms with Gasteiger partial charge in [0.2, 0.25) is 0 Å². The van der Waals surface area contributed by atoms with E-state index in [1.165, 1.54) is 12.1 Å². The van der Waals surface area contributed by atoms with E-state index in [0.717, 1.165) is 17.3 Å². The fourth-order valence-corrected chi connectivity index (χ4v) is 1.76. The van der Waals surface area contributed by atoms with Gasteiger partial charge < -0.3 is 4.74 Å². The maximum Gasteiger partial charge on any atom is 0.136 e. The Bertz CT molecular complexity index is 314. The van der Waals surface area contributed by atoms with Gasteiger partial charge in [-0.25, -0.2) is 4.39 Å². The van der Waals surface area contributed by atoms with Crippen LogP contribution >= 0.6 is 15.9 Å². The molecule has 0 aliphatic heterocycles. The van der Waals surface area contributed by atoms with E-state index in [1.54, 1.807) is 6.07 Å². The molecular weight excluding hydrogens is 259 g/mol. The molecule has 0 N–H and O–H groups in total. The summed E-state index contributed by atoms with van der Waals surface area (Å²) in [6.45, 7) is 4.92. The Balaban J connectivity index is 2.53. The quantitative estimate of drug-likeness (QED) is 0.773. The largest absolute Gasteiger partial charge is 0.492 e. The lowest BCUT2D eigenvalue weighted by Crippen LogP contribution is -2.08. The molecule has 1 atom stereocenters. The van der Waals surface area contributed by atoms with Crippen molar-refractivity contribution in [1.29, 1.82) is 0 Å². The number of hydrogen-bond acceptors (Lipinski definition) is 1. The van der Waals surface area contributed by atoms with Crippen molar-refractivity contribution in [2.24, 2.45) is 5.92 Å². The zero-order valence-electron chi connectivity index (χ0n) is 9.09. The molecule has 1 nitrogen and oxygen atoms in total. The molecule has 1 aromatic carbocycles. The summed E-state index contributed by atoms with van der Waals surface area (Å²) >= 11 is 3.33. The second-order valence-corrected chi connectivity index (χ2v) is 4.63. The fraction of sp³-hybridized carbons (Fsp3) is 0.500. The topological polar surface area (TPSA) is 9.23 Å². The number of benzene rings is 1. The van der Waals surface area contributed by atoms with E-state index in [-0.39, 0.29) is 5.82 Å². The molecule has 84 valence electrons. The van der Waals surface area contributed by atoms with Crippen molar-refractivity contribution >= 4 is 15.9 Å². The third-order valence-corrected chi connectivity index (χ3v) is 2.85. The summed E-state index contributed by atoms with van der Waals surface area (Å²) in [4.78, 5) is 0. The molecule has 1 aromatic rings. The van der Waals surface area contributed by atoms with Gasteiger partial charge in [-0.3, -0.25) is 0 Å². The van der Waals surface area contributed by atoms with Crippen molar-refractivity contribution in [3.8, 4) is 5.75 Å². The van der Waals surface area contributed by atoms with Crippen LogP contribution in [0, 0.1) is 11.7 Å². The zero-order chi connectivity index (χ0) is 11.3. The Kier molecular flexibility index (Phi) is 5.09. The van der Waals surface area contributed by atoms with Crippen LogP contribution in [0.2, 0.25) is 0 Å². The smallest absolute Gasteiger partial charge is 0.136 e. The van der Waals surface area contributed by atoms with Crippen LogP contribution in [0.15, 0.2) is 22.7 Å². The number of ether oxygens (including phenoxy) is 1. The summed E-state index contributed by atoms with van der Waals surface area (Å²) in [7, 11) is 0. The van der Waals surface area contributed by atoms with E-state index in [0.29, 0.717) is 18.3 Å². The minimum absolute atomic E-state index is 0.267. The molecule has 1 unspecified atom stereocenters. The molecule has 0 aliphatic carbocycles. The average molecular weight is 275 g/mol. The highest BCUT2D eigenvalue weighted by Crippen LogP contribution is 2.26. The molecule has 0 bridgehead atoms. The fourth-order valence-electron chi connectivity index (χ4n) is 1.40. The van der Waals surface area contributed by atoms with E-state index in [2.05, 4.69) is 29.8 Å². The second kappa shape index (κ2) is 6.11. The van der Waals surface area contributed by atoms with E-state index in [1.807, 2.05) is 0 Å². The summed E-state index contributed by atoms with van der Waals surface area (Å²) in [6.07, 6.45) is 2.28. The van der Waals surface area contributed by atoms with Gasteiger partial charge in [-0.1, -0.05) is 20.3 Å². The lowest BCUT2D eigenvalue weighted by Gasteiger charge is -2.13. The maximum absolute atomic E-state index is 12.9. The minimum Gasteiger partial charge on any atom is -0.492 e. The summed E-state index contributed by atoms with van der Waals surface area (Å²) in [6, 6.07) is 4.48. The molecule has 0 aromatic heterocycles. The Morgan fingerprint density at radius 1 is 1.47 bits per heavy atom. The predicted octanol–water partition coefficient (Wildman–Crippen LogP) is 4.40. The molecule has 0 spiro atoms. The molecule has 0 fully saturated rings. The van der Waals surface area contributed by atoms with Gasteiger partial charge in [0.1, 0.15) is 11.6 Å². The van der Waals surface area contributed by atoms with Gasteiger partial charge in [0, 0.05) is 6.07 Å². The van der Waals surface area contributed by atoms with Crippen LogP contribution in [0.5, 0.6) is 5.75 Å². The van der Waals surface area contributed by atoms with Crippen LogP contribution in [0.25, 0.3) is 0 Å². The van der Waals surface area contributed by atoms with Crippen molar-refractivity contribution < 1.29 is 9.13 Å². The van der Waals surface area contributed by atoms with E-state index < -0.39 is 0 Å². The number of hydrogen-bond donors (Lipinski definition) is 0. The second-order valence-electron chi connectivity index (χ2n) is 3.78. The van der Waals surface area contributed by atoms with Crippen LogP contribution in [-0.4, -0.2) is 6.61 Å². The van der Waals surface area contributed by atoms with Crippen molar-refractivity contribution in [3.63, 3.8) is 0 Å². The van der Waals surface area contributed by atoms with Crippen LogP contribution in [-0.2, 0) is 0 Å². The molecular formula is C12H16BrFO. The van der Waals surface area contributed by atoms with Crippen LogP contribution in [0.3, 0.4) is 0 Å². The first-order valence-electron chi connectivity index (χ1n) is 5.21. The van der Waals surface area contributed by atoms with E-state index in [9.17, 15) is 4.39 Å². The van der Waals surface area contributed by atoms with Crippen LogP contribution in [0.4, 0.5) is 4.39 Å². The average Bonchev–Trinajstić information content (AvgIpc) is 2.20. The maximum atomic E-state index is 12.9. The summed E-state index contributed by atoms with van der Waals surface area (Å²) < 4.78 is 19.3. The third kappa shape index (κ3) is 4.20. The minimum atomic E-state index is -0.267. The normalized spacial score (nSPS) is 12.5. The number of halogens is 2. The molecule has 0 saturated heterocycles. The Morgan fingerprint density at radius 2 is 2.20 bits per heavy atom. The molecule has 15 heavy (non-hydrogen) atoms. The Labute approximate surface area is 98.8 Å². The first-order chi connectivity index (χ1) is 7.13. The van der Waals surface area contributed by atoms with Crippen molar-refractivity contribution in [3.05, 3.63) is 28.5 Å². The highest BCUT2D eigenvalue weighted by molar-refractivity contribution is 9.10. The number of rotatable bonds is 5.